The smallest absolute Gasteiger partial charge is 0.177 e. The number of fused-ring (bicyclic) bond motifs is 3. The Labute approximate surface area is 172 Å². The number of rotatable bonds is 3. The molecule has 6 heteroatoms. The summed E-state index contributed by atoms with van der Waals surface area (Å²) in [5, 5.41) is 15.4. The third-order valence-corrected chi connectivity index (χ3v) is 5.41. The molecule has 0 aliphatic carbocycles. The highest BCUT2D eigenvalue weighted by Crippen LogP contribution is 2.26. The van der Waals surface area contributed by atoms with Crippen LogP contribution in [0.1, 0.15) is 17.1 Å². The van der Waals surface area contributed by atoms with Crippen molar-refractivity contribution in [3.8, 4) is 11.3 Å². The number of para-hydroxylation sites is 1. The zero-order chi connectivity index (χ0) is 20.1. The van der Waals surface area contributed by atoms with E-state index in [0.29, 0.717) is 6.42 Å². The highest BCUT2D eigenvalue weighted by molar-refractivity contribution is 5.89. The average Bonchev–Trinajstić information content (AvgIpc) is 3.37. The van der Waals surface area contributed by atoms with Crippen LogP contribution in [0.5, 0.6) is 0 Å². The van der Waals surface area contributed by atoms with Crippen LogP contribution in [-0.4, -0.2) is 29.8 Å². The molecule has 2 aromatic carbocycles. The summed E-state index contributed by atoms with van der Waals surface area (Å²) in [4.78, 5) is 8.14. The first-order valence-corrected chi connectivity index (χ1v) is 9.88. The lowest BCUT2D eigenvalue weighted by molar-refractivity contribution is 0.821. The number of hydrogen-bond donors (Lipinski definition) is 1. The molecule has 0 aliphatic heterocycles. The minimum Gasteiger partial charge on any atom is -0.354 e. The monoisotopic (exact) mass is 390 g/mol. The molecular formula is C24H18N6. The summed E-state index contributed by atoms with van der Waals surface area (Å²) in [6, 6.07) is 22.8. The molecule has 6 rings (SSSR count). The van der Waals surface area contributed by atoms with E-state index in [0.717, 1.165) is 50.4 Å². The third kappa shape index (κ3) is 2.81. The van der Waals surface area contributed by atoms with Crippen LogP contribution in [-0.2, 0) is 6.42 Å². The lowest BCUT2D eigenvalue weighted by Gasteiger charge is -2.05. The summed E-state index contributed by atoms with van der Waals surface area (Å²) in [5.41, 5.74) is 7.09. The van der Waals surface area contributed by atoms with Crippen molar-refractivity contribution < 1.29 is 0 Å². The van der Waals surface area contributed by atoms with E-state index in [-0.39, 0.29) is 0 Å². The third-order valence-electron chi connectivity index (χ3n) is 5.41. The van der Waals surface area contributed by atoms with E-state index in [2.05, 4.69) is 73.8 Å². The van der Waals surface area contributed by atoms with Gasteiger partial charge in [-0.3, -0.25) is 4.98 Å². The second kappa shape index (κ2) is 6.49. The molecule has 0 bridgehead atoms. The summed E-state index contributed by atoms with van der Waals surface area (Å²) in [6.07, 6.45) is 2.58. The van der Waals surface area contributed by atoms with E-state index in [9.17, 15) is 0 Å². The van der Waals surface area contributed by atoms with Gasteiger partial charge in [0.1, 0.15) is 0 Å². The molecule has 0 radical (unpaired) electrons. The van der Waals surface area contributed by atoms with Gasteiger partial charge in [0.2, 0.25) is 0 Å². The Morgan fingerprint density at radius 2 is 1.83 bits per heavy atom. The quantitative estimate of drug-likeness (QED) is 0.475. The van der Waals surface area contributed by atoms with E-state index >= 15 is 0 Å². The number of aromatic nitrogens is 6. The topological polar surface area (TPSA) is 71.8 Å². The summed E-state index contributed by atoms with van der Waals surface area (Å²) in [6.45, 7) is 1.97. The minimum absolute atomic E-state index is 0.657. The van der Waals surface area contributed by atoms with Crippen LogP contribution in [0.2, 0.25) is 0 Å². The molecule has 30 heavy (non-hydrogen) atoms. The molecule has 144 valence electrons. The fourth-order valence-electron chi connectivity index (χ4n) is 3.88. The molecule has 0 saturated heterocycles. The standard InChI is InChI=1S/C24H18N6/c1-15-6-9-23-27-28-24(30(23)29-15)11-16-7-8-20-18(10-16)12-19(14-25-20)22-13-17-4-2-3-5-21(17)26-22/h2-10,12-14,26H,11H2,1H3. The van der Waals surface area contributed by atoms with Crippen molar-refractivity contribution in [2.45, 2.75) is 13.3 Å². The molecule has 1 N–H and O–H groups in total. The van der Waals surface area contributed by atoms with Gasteiger partial charge in [0, 0.05) is 40.2 Å². The van der Waals surface area contributed by atoms with Crippen molar-refractivity contribution in [2.75, 3.05) is 0 Å². The molecule has 0 spiro atoms. The number of nitrogens with zero attached hydrogens (tertiary/aromatic N) is 5. The van der Waals surface area contributed by atoms with E-state index < -0.39 is 0 Å². The van der Waals surface area contributed by atoms with Crippen LogP contribution in [0, 0.1) is 6.92 Å². The summed E-state index contributed by atoms with van der Waals surface area (Å²) >= 11 is 0. The first kappa shape index (κ1) is 16.9. The molecule has 0 unspecified atom stereocenters. The Morgan fingerprint density at radius 3 is 2.77 bits per heavy atom. The number of benzene rings is 2. The maximum absolute atomic E-state index is 4.66. The lowest BCUT2D eigenvalue weighted by atomic mass is 10.1. The van der Waals surface area contributed by atoms with Crippen LogP contribution in [0.15, 0.2) is 72.9 Å². The summed E-state index contributed by atoms with van der Waals surface area (Å²) in [5.74, 6) is 0.827. The number of nitrogens with one attached hydrogen (secondary N) is 1. The molecular weight excluding hydrogens is 372 g/mol. The maximum Gasteiger partial charge on any atom is 0.177 e. The van der Waals surface area contributed by atoms with E-state index in [1.54, 1.807) is 0 Å². The van der Waals surface area contributed by atoms with Crippen molar-refractivity contribution in [2.24, 2.45) is 0 Å². The molecule has 0 atom stereocenters. The number of H-pyrrole nitrogens is 1. The zero-order valence-electron chi connectivity index (χ0n) is 16.4. The molecule has 6 nitrogen and oxygen atoms in total. The van der Waals surface area contributed by atoms with Crippen LogP contribution < -0.4 is 0 Å². The molecule has 6 aromatic rings. The fraction of sp³-hybridized carbons (Fsp3) is 0.0833. The number of aromatic amines is 1. The Morgan fingerprint density at radius 1 is 0.900 bits per heavy atom. The van der Waals surface area contributed by atoms with Crippen LogP contribution in [0.4, 0.5) is 0 Å². The van der Waals surface area contributed by atoms with E-state index in [1.165, 1.54) is 5.39 Å². The summed E-state index contributed by atoms with van der Waals surface area (Å²) < 4.78 is 1.82. The van der Waals surface area contributed by atoms with Gasteiger partial charge in [-0.15, -0.1) is 10.2 Å². The van der Waals surface area contributed by atoms with Gasteiger partial charge in [-0.2, -0.15) is 9.61 Å². The Bertz CT molecular complexity index is 1510. The first-order chi connectivity index (χ1) is 14.7. The highest BCUT2D eigenvalue weighted by atomic mass is 15.4. The lowest BCUT2D eigenvalue weighted by Crippen LogP contribution is -2.01. The van der Waals surface area contributed by atoms with Gasteiger partial charge in [-0.25, -0.2) is 0 Å². The van der Waals surface area contributed by atoms with Gasteiger partial charge < -0.3 is 4.98 Å². The second-order valence-corrected chi connectivity index (χ2v) is 7.56. The van der Waals surface area contributed by atoms with Gasteiger partial charge in [-0.05, 0) is 55.0 Å². The molecule has 0 fully saturated rings. The zero-order valence-corrected chi connectivity index (χ0v) is 16.4. The Hall–Kier alpha value is -4.06. The van der Waals surface area contributed by atoms with Gasteiger partial charge in [0.15, 0.2) is 11.5 Å². The van der Waals surface area contributed by atoms with E-state index in [1.807, 2.05) is 35.8 Å². The first-order valence-electron chi connectivity index (χ1n) is 9.88. The molecule has 0 saturated carbocycles. The van der Waals surface area contributed by atoms with Crippen molar-refractivity contribution >= 4 is 27.5 Å². The highest BCUT2D eigenvalue weighted by Gasteiger charge is 2.10. The average molecular weight is 390 g/mol. The number of pyridine rings is 1. The Balaban J connectivity index is 1.39. The molecule has 0 amide bonds. The molecule has 4 aromatic heterocycles. The number of aryl methyl sites for hydroxylation is 1. The molecule has 0 aliphatic rings. The largest absolute Gasteiger partial charge is 0.354 e. The minimum atomic E-state index is 0.657. The van der Waals surface area contributed by atoms with Crippen molar-refractivity contribution in [1.29, 1.82) is 0 Å². The van der Waals surface area contributed by atoms with Crippen LogP contribution >= 0.6 is 0 Å². The normalized spacial score (nSPS) is 11.6. The van der Waals surface area contributed by atoms with Gasteiger partial charge in [0.25, 0.3) is 0 Å². The molecule has 4 heterocycles. The van der Waals surface area contributed by atoms with Crippen molar-refractivity contribution in [1.82, 2.24) is 29.8 Å². The number of hydrogen-bond acceptors (Lipinski definition) is 4. The maximum atomic E-state index is 4.66. The van der Waals surface area contributed by atoms with E-state index in [4.69, 9.17) is 0 Å². The fourth-order valence-corrected chi connectivity index (χ4v) is 3.88. The second-order valence-electron chi connectivity index (χ2n) is 7.56. The predicted octanol–water partition coefficient (Wildman–Crippen LogP) is 4.72. The van der Waals surface area contributed by atoms with Crippen molar-refractivity contribution in [3.05, 3.63) is 90.0 Å². The predicted molar refractivity (Wildman–Crippen MR) is 117 cm³/mol. The SMILES string of the molecule is Cc1ccc2nnc(Cc3ccc4ncc(-c5cc6ccccc6[nH]5)cc4c3)n2n1. The Kier molecular flexibility index (Phi) is 3.64. The van der Waals surface area contributed by atoms with Gasteiger partial charge >= 0.3 is 0 Å². The van der Waals surface area contributed by atoms with Crippen LogP contribution in [0.25, 0.3) is 38.7 Å². The van der Waals surface area contributed by atoms with Crippen molar-refractivity contribution in [3.63, 3.8) is 0 Å². The van der Waals surface area contributed by atoms with Gasteiger partial charge in [0.05, 0.1) is 11.2 Å². The summed E-state index contributed by atoms with van der Waals surface area (Å²) in [7, 11) is 0. The van der Waals surface area contributed by atoms with Gasteiger partial charge in [-0.1, -0.05) is 24.3 Å². The van der Waals surface area contributed by atoms with Crippen LogP contribution in [0.3, 0.4) is 0 Å².